The van der Waals surface area contributed by atoms with Gasteiger partial charge in [0.15, 0.2) is 0 Å². The van der Waals surface area contributed by atoms with Crippen LogP contribution < -0.4 is 5.32 Å². The van der Waals surface area contributed by atoms with Crippen molar-refractivity contribution in [2.75, 3.05) is 52.5 Å². The van der Waals surface area contributed by atoms with Crippen LogP contribution in [0.25, 0.3) is 0 Å². The molecule has 5 heteroatoms. The molecular weight excluding hydrogens is 206 g/mol. The van der Waals surface area contributed by atoms with E-state index in [9.17, 15) is 4.79 Å². The van der Waals surface area contributed by atoms with Crippen LogP contribution in [0, 0.1) is 0 Å². The van der Waals surface area contributed by atoms with E-state index in [0.29, 0.717) is 0 Å². The van der Waals surface area contributed by atoms with Crippen LogP contribution in [0.4, 0.5) is 4.79 Å². The fourth-order valence-corrected chi connectivity index (χ4v) is 1.95. The molecule has 0 aliphatic carbocycles. The molecule has 0 saturated carbocycles. The highest BCUT2D eigenvalue weighted by Gasteiger charge is 2.19. The molecule has 0 radical (unpaired) electrons. The van der Waals surface area contributed by atoms with E-state index in [2.05, 4.69) is 10.2 Å². The number of morpholine rings is 1. The molecule has 1 N–H and O–H groups in total. The molecule has 2 saturated heterocycles. The molecule has 2 heterocycles. The van der Waals surface area contributed by atoms with Crippen LogP contribution in [0.5, 0.6) is 0 Å². The van der Waals surface area contributed by atoms with Gasteiger partial charge in [-0.15, -0.1) is 0 Å². The van der Waals surface area contributed by atoms with E-state index in [4.69, 9.17) is 4.74 Å². The number of nitrogens with one attached hydrogen (secondary N) is 1. The number of urea groups is 1. The van der Waals surface area contributed by atoms with Crippen molar-refractivity contribution in [1.82, 2.24) is 15.1 Å². The highest BCUT2D eigenvalue weighted by molar-refractivity contribution is 5.74. The molecule has 0 aromatic carbocycles. The summed E-state index contributed by atoms with van der Waals surface area (Å²) < 4.78 is 5.28. The molecule has 2 aliphatic rings. The van der Waals surface area contributed by atoms with Gasteiger partial charge in [-0.05, 0) is 19.4 Å². The summed E-state index contributed by atoms with van der Waals surface area (Å²) in [5.41, 5.74) is 0. The summed E-state index contributed by atoms with van der Waals surface area (Å²) in [6, 6.07) is 0.105. The molecule has 0 bridgehead atoms. The van der Waals surface area contributed by atoms with Crippen LogP contribution in [-0.2, 0) is 4.74 Å². The second-order valence-corrected chi connectivity index (χ2v) is 4.38. The van der Waals surface area contributed by atoms with E-state index in [1.54, 1.807) is 0 Å². The van der Waals surface area contributed by atoms with Gasteiger partial charge in [0, 0.05) is 32.7 Å². The fourth-order valence-electron chi connectivity index (χ4n) is 1.95. The van der Waals surface area contributed by atoms with Crippen molar-refractivity contribution in [3.63, 3.8) is 0 Å². The topological polar surface area (TPSA) is 44.8 Å². The zero-order chi connectivity index (χ0) is 11.2. The maximum absolute atomic E-state index is 11.5. The van der Waals surface area contributed by atoms with E-state index >= 15 is 0 Å². The van der Waals surface area contributed by atoms with Gasteiger partial charge < -0.3 is 15.0 Å². The molecule has 0 aromatic rings. The number of carbonyl (C=O) groups excluding carboxylic acids is 1. The van der Waals surface area contributed by atoms with Crippen molar-refractivity contribution in [3.8, 4) is 0 Å². The predicted octanol–water partition coefficient (Wildman–Crippen LogP) is 0.124. The Kier molecular flexibility index (Phi) is 4.42. The summed E-state index contributed by atoms with van der Waals surface area (Å²) in [4.78, 5) is 15.7. The third-order valence-corrected chi connectivity index (χ3v) is 3.17. The standard InChI is InChI=1S/C11H21N3O2/c15-11(14-5-2-6-14)12-3-1-4-13-7-9-16-10-8-13/h1-10H2,(H,12,15). The molecule has 2 aliphatic heterocycles. The minimum absolute atomic E-state index is 0.105. The maximum Gasteiger partial charge on any atom is 0.317 e. The molecule has 16 heavy (non-hydrogen) atoms. The Balaban J connectivity index is 1.49. The van der Waals surface area contributed by atoms with Gasteiger partial charge in [-0.25, -0.2) is 4.79 Å². The van der Waals surface area contributed by atoms with Gasteiger partial charge in [0.1, 0.15) is 0 Å². The van der Waals surface area contributed by atoms with Crippen LogP contribution in [0.2, 0.25) is 0 Å². The number of ether oxygens (including phenoxy) is 1. The molecule has 0 unspecified atom stereocenters. The lowest BCUT2D eigenvalue weighted by molar-refractivity contribution is 0.0374. The second kappa shape index (κ2) is 6.06. The molecule has 0 aromatic heterocycles. The number of nitrogens with zero attached hydrogens (tertiary/aromatic N) is 2. The number of carbonyl (C=O) groups is 1. The molecular formula is C11H21N3O2. The number of likely N-dealkylation sites (tertiary alicyclic amines) is 1. The Morgan fingerprint density at radius 1 is 1.19 bits per heavy atom. The van der Waals surface area contributed by atoms with E-state index in [1.807, 2.05) is 4.90 Å². The Morgan fingerprint density at radius 3 is 2.56 bits per heavy atom. The summed E-state index contributed by atoms with van der Waals surface area (Å²) in [5.74, 6) is 0. The summed E-state index contributed by atoms with van der Waals surface area (Å²) >= 11 is 0. The lowest BCUT2D eigenvalue weighted by Crippen LogP contribution is -2.48. The highest BCUT2D eigenvalue weighted by Crippen LogP contribution is 2.05. The average molecular weight is 227 g/mol. The first-order valence-corrected chi connectivity index (χ1v) is 6.19. The first kappa shape index (κ1) is 11.7. The minimum atomic E-state index is 0.105. The van der Waals surface area contributed by atoms with Crippen LogP contribution in [-0.4, -0.2) is 68.3 Å². The fraction of sp³-hybridized carbons (Fsp3) is 0.909. The zero-order valence-corrected chi connectivity index (χ0v) is 9.78. The van der Waals surface area contributed by atoms with Crippen molar-refractivity contribution in [3.05, 3.63) is 0 Å². The molecule has 2 amide bonds. The third-order valence-electron chi connectivity index (χ3n) is 3.17. The molecule has 2 rings (SSSR count). The number of rotatable bonds is 4. The van der Waals surface area contributed by atoms with Crippen LogP contribution in [0.15, 0.2) is 0 Å². The monoisotopic (exact) mass is 227 g/mol. The maximum atomic E-state index is 11.5. The van der Waals surface area contributed by atoms with Gasteiger partial charge in [0.25, 0.3) is 0 Å². The number of amides is 2. The van der Waals surface area contributed by atoms with Gasteiger partial charge in [-0.1, -0.05) is 0 Å². The van der Waals surface area contributed by atoms with Crippen molar-refractivity contribution in [1.29, 1.82) is 0 Å². The minimum Gasteiger partial charge on any atom is -0.379 e. The van der Waals surface area contributed by atoms with Gasteiger partial charge in [-0.3, -0.25) is 4.90 Å². The largest absolute Gasteiger partial charge is 0.379 e. The van der Waals surface area contributed by atoms with Gasteiger partial charge >= 0.3 is 6.03 Å². The Morgan fingerprint density at radius 2 is 1.94 bits per heavy atom. The van der Waals surface area contributed by atoms with E-state index in [0.717, 1.165) is 65.3 Å². The molecule has 92 valence electrons. The Hall–Kier alpha value is -0.810. The van der Waals surface area contributed by atoms with Gasteiger partial charge in [0.2, 0.25) is 0 Å². The smallest absolute Gasteiger partial charge is 0.317 e. The van der Waals surface area contributed by atoms with E-state index in [1.165, 1.54) is 0 Å². The first-order chi connectivity index (χ1) is 7.86. The quantitative estimate of drug-likeness (QED) is 0.694. The predicted molar refractivity (Wildman–Crippen MR) is 61.5 cm³/mol. The number of hydrogen-bond acceptors (Lipinski definition) is 3. The van der Waals surface area contributed by atoms with Crippen molar-refractivity contribution < 1.29 is 9.53 Å². The molecule has 5 nitrogen and oxygen atoms in total. The molecule has 0 spiro atoms. The third kappa shape index (κ3) is 3.35. The van der Waals surface area contributed by atoms with E-state index < -0.39 is 0 Å². The van der Waals surface area contributed by atoms with Crippen molar-refractivity contribution >= 4 is 6.03 Å². The Bertz CT molecular complexity index is 225. The van der Waals surface area contributed by atoms with Gasteiger partial charge in [0.05, 0.1) is 13.2 Å². The Labute approximate surface area is 96.7 Å². The highest BCUT2D eigenvalue weighted by atomic mass is 16.5. The summed E-state index contributed by atoms with van der Waals surface area (Å²) in [6.45, 7) is 7.45. The van der Waals surface area contributed by atoms with Gasteiger partial charge in [-0.2, -0.15) is 0 Å². The lowest BCUT2D eigenvalue weighted by atomic mass is 10.2. The van der Waals surface area contributed by atoms with Crippen LogP contribution in [0.3, 0.4) is 0 Å². The van der Waals surface area contributed by atoms with Crippen molar-refractivity contribution in [2.45, 2.75) is 12.8 Å². The summed E-state index contributed by atoms with van der Waals surface area (Å²) in [5, 5.41) is 2.95. The molecule has 0 atom stereocenters. The average Bonchev–Trinajstić information content (AvgIpc) is 2.23. The first-order valence-electron chi connectivity index (χ1n) is 6.19. The summed E-state index contributed by atoms with van der Waals surface area (Å²) in [7, 11) is 0. The normalized spacial score (nSPS) is 21.6. The van der Waals surface area contributed by atoms with E-state index in [-0.39, 0.29) is 6.03 Å². The second-order valence-electron chi connectivity index (χ2n) is 4.38. The lowest BCUT2D eigenvalue weighted by Gasteiger charge is -2.31. The summed E-state index contributed by atoms with van der Waals surface area (Å²) in [6.07, 6.45) is 2.18. The van der Waals surface area contributed by atoms with Crippen LogP contribution >= 0.6 is 0 Å². The SMILES string of the molecule is O=C(NCCCN1CCOCC1)N1CCC1. The molecule has 2 fully saturated rings. The van der Waals surface area contributed by atoms with Crippen LogP contribution in [0.1, 0.15) is 12.8 Å². The van der Waals surface area contributed by atoms with Crippen molar-refractivity contribution in [2.24, 2.45) is 0 Å². The zero-order valence-electron chi connectivity index (χ0n) is 9.78. The number of hydrogen-bond donors (Lipinski definition) is 1.